The summed E-state index contributed by atoms with van der Waals surface area (Å²) in [4.78, 5) is 0. The van der Waals surface area contributed by atoms with E-state index in [2.05, 4.69) is 6.58 Å². The van der Waals surface area contributed by atoms with Crippen LogP contribution in [0.1, 0.15) is 11.1 Å². The SMILES string of the molecule is C=Cc1ccc(COCCOCCOCCOCCOCCOCCOCCOCCOCCOCCOC)cc1. The Morgan fingerprint density at radius 3 is 0.951 bits per heavy atom. The number of hydrogen-bond donors (Lipinski definition) is 0. The molecule has 0 N–H and O–H groups in total. The van der Waals surface area contributed by atoms with Crippen LogP contribution in [0.2, 0.25) is 0 Å². The maximum Gasteiger partial charge on any atom is 0.0718 e. The van der Waals surface area contributed by atoms with Gasteiger partial charge < -0.3 is 52.1 Å². The normalized spacial score (nSPS) is 11.3. The molecule has 1 rings (SSSR count). The lowest BCUT2D eigenvalue weighted by molar-refractivity contribution is -0.0273. The Morgan fingerprint density at radius 1 is 0.415 bits per heavy atom. The Morgan fingerprint density at radius 2 is 0.683 bits per heavy atom. The highest BCUT2D eigenvalue weighted by Gasteiger charge is 1.97. The molecule has 0 aromatic heterocycles. The Kier molecular flexibility index (Phi) is 28.8. The van der Waals surface area contributed by atoms with Gasteiger partial charge in [0.15, 0.2) is 0 Å². The predicted octanol–water partition coefficient (Wildman–Crippen LogP) is 2.64. The minimum Gasteiger partial charge on any atom is -0.382 e. The Bertz CT molecular complexity index is 660. The van der Waals surface area contributed by atoms with Crippen molar-refractivity contribution >= 4 is 6.08 Å². The van der Waals surface area contributed by atoms with Gasteiger partial charge in [0, 0.05) is 7.11 Å². The number of rotatable bonds is 33. The van der Waals surface area contributed by atoms with Crippen LogP contribution in [0.15, 0.2) is 30.8 Å². The lowest BCUT2D eigenvalue weighted by atomic mass is 10.1. The van der Waals surface area contributed by atoms with Gasteiger partial charge in [-0.15, -0.1) is 0 Å². The second kappa shape index (κ2) is 31.5. The van der Waals surface area contributed by atoms with E-state index < -0.39 is 0 Å². The first kappa shape index (κ1) is 37.5. The van der Waals surface area contributed by atoms with Crippen LogP contribution in [0.3, 0.4) is 0 Å². The second-order valence-corrected chi connectivity index (χ2v) is 8.50. The molecule has 0 saturated carbocycles. The summed E-state index contributed by atoms with van der Waals surface area (Å²) in [7, 11) is 1.65. The molecule has 0 aliphatic carbocycles. The molecular weight excluding hydrogens is 536 g/mol. The van der Waals surface area contributed by atoms with Gasteiger partial charge in [0.2, 0.25) is 0 Å². The molecule has 0 unspecified atom stereocenters. The quantitative estimate of drug-likeness (QED) is 0.113. The van der Waals surface area contributed by atoms with Gasteiger partial charge in [0.1, 0.15) is 0 Å². The highest BCUT2D eigenvalue weighted by Crippen LogP contribution is 2.06. The van der Waals surface area contributed by atoms with Crippen LogP contribution in [-0.4, -0.2) is 139 Å². The average Bonchev–Trinajstić information content (AvgIpc) is 3.00. The van der Waals surface area contributed by atoms with Gasteiger partial charge in [-0.25, -0.2) is 0 Å². The predicted molar refractivity (Wildman–Crippen MR) is 155 cm³/mol. The van der Waals surface area contributed by atoms with Crippen molar-refractivity contribution in [3.8, 4) is 0 Å². The van der Waals surface area contributed by atoms with Gasteiger partial charge in [-0.2, -0.15) is 0 Å². The summed E-state index contributed by atoms with van der Waals surface area (Å²) in [6, 6.07) is 8.12. The summed E-state index contributed by atoms with van der Waals surface area (Å²) >= 11 is 0. The van der Waals surface area contributed by atoms with E-state index in [1.807, 2.05) is 30.3 Å². The second-order valence-electron chi connectivity index (χ2n) is 8.50. The van der Waals surface area contributed by atoms with Gasteiger partial charge >= 0.3 is 0 Å². The fraction of sp³-hybridized carbons (Fsp3) is 0.733. The van der Waals surface area contributed by atoms with Crippen molar-refractivity contribution in [1.29, 1.82) is 0 Å². The zero-order valence-corrected chi connectivity index (χ0v) is 24.9. The number of methoxy groups -OCH3 is 1. The molecule has 11 heteroatoms. The summed E-state index contributed by atoms with van der Waals surface area (Å²) in [5.74, 6) is 0. The van der Waals surface area contributed by atoms with E-state index in [-0.39, 0.29) is 0 Å². The number of benzene rings is 1. The average molecular weight is 589 g/mol. The topological polar surface area (TPSA) is 102 Å². The molecule has 0 atom stereocenters. The third-order valence-corrected chi connectivity index (χ3v) is 5.26. The lowest BCUT2D eigenvalue weighted by Gasteiger charge is -2.09. The van der Waals surface area contributed by atoms with Crippen LogP contribution in [0.5, 0.6) is 0 Å². The first-order chi connectivity index (χ1) is 20.4. The van der Waals surface area contributed by atoms with E-state index >= 15 is 0 Å². The van der Waals surface area contributed by atoms with Gasteiger partial charge in [-0.05, 0) is 11.1 Å². The maximum absolute atomic E-state index is 5.61. The van der Waals surface area contributed by atoms with Crippen molar-refractivity contribution in [2.45, 2.75) is 6.61 Å². The van der Waals surface area contributed by atoms with Crippen LogP contribution < -0.4 is 0 Å². The molecule has 1 aromatic rings. The van der Waals surface area contributed by atoms with Gasteiger partial charge in [-0.1, -0.05) is 36.9 Å². The lowest BCUT2D eigenvalue weighted by Crippen LogP contribution is -2.15. The minimum atomic E-state index is 0.517. The van der Waals surface area contributed by atoms with Gasteiger partial charge in [-0.3, -0.25) is 0 Å². The van der Waals surface area contributed by atoms with Crippen molar-refractivity contribution in [3.05, 3.63) is 42.0 Å². The first-order valence-electron chi connectivity index (χ1n) is 14.3. The zero-order chi connectivity index (χ0) is 29.3. The van der Waals surface area contributed by atoms with Gasteiger partial charge in [0.05, 0.1) is 139 Å². The molecule has 0 spiro atoms. The van der Waals surface area contributed by atoms with Crippen molar-refractivity contribution in [1.82, 2.24) is 0 Å². The van der Waals surface area contributed by atoms with E-state index in [1.54, 1.807) is 7.11 Å². The fourth-order valence-corrected chi connectivity index (χ4v) is 3.06. The highest BCUT2D eigenvalue weighted by molar-refractivity contribution is 5.47. The molecule has 0 amide bonds. The highest BCUT2D eigenvalue weighted by atomic mass is 16.6. The molecular formula is C30H52O11. The smallest absolute Gasteiger partial charge is 0.0718 e. The summed E-state index contributed by atoms with van der Waals surface area (Å²) in [5.41, 5.74) is 2.23. The number of hydrogen-bond acceptors (Lipinski definition) is 11. The third kappa shape index (κ3) is 27.1. The molecule has 0 bridgehead atoms. The first-order valence-corrected chi connectivity index (χ1v) is 14.3. The van der Waals surface area contributed by atoms with Crippen molar-refractivity contribution in [2.24, 2.45) is 0 Å². The van der Waals surface area contributed by atoms with Crippen LogP contribution in [0.25, 0.3) is 6.08 Å². The maximum atomic E-state index is 5.61. The van der Waals surface area contributed by atoms with Gasteiger partial charge in [0.25, 0.3) is 0 Å². The summed E-state index contributed by atoms with van der Waals surface area (Å²) in [5, 5.41) is 0. The van der Waals surface area contributed by atoms with Crippen LogP contribution >= 0.6 is 0 Å². The molecule has 41 heavy (non-hydrogen) atoms. The molecule has 1 aromatic carbocycles. The van der Waals surface area contributed by atoms with E-state index in [9.17, 15) is 0 Å². The Balaban J connectivity index is 1.65. The molecule has 0 heterocycles. The van der Waals surface area contributed by atoms with E-state index in [1.165, 1.54) is 0 Å². The van der Waals surface area contributed by atoms with E-state index in [4.69, 9.17) is 52.1 Å². The van der Waals surface area contributed by atoms with Crippen LogP contribution in [-0.2, 0) is 58.7 Å². The molecule has 0 fully saturated rings. The minimum absolute atomic E-state index is 0.517. The van der Waals surface area contributed by atoms with Crippen molar-refractivity contribution < 1.29 is 52.1 Å². The summed E-state index contributed by atoms with van der Waals surface area (Å²) in [6.07, 6.45) is 1.82. The molecule has 238 valence electrons. The number of ether oxygens (including phenoxy) is 11. The fourth-order valence-electron chi connectivity index (χ4n) is 3.06. The molecule has 0 aliphatic rings. The van der Waals surface area contributed by atoms with E-state index in [0.717, 1.165) is 11.1 Å². The molecule has 0 saturated heterocycles. The van der Waals surface area contributed by atoms with Crippen LogP contribution in [0.4, 0.5) is 0 Å². The molecule has 11 nitrogen and oxygen atoms in total. The monoisotopic (exact) mass is 588 g/mol. The van der Waals surface area contributed by atoms with Crippen molar-refractivity contribution in [2.75, 3.05) is 139 Å². The Hall–Kier alpha value is -1.48. The van der Waals surface area contributed by atoms with Crippen molar-refractivity contribution in [3.63, 3.8) is 0 Å². The standard InChI is InChI=1S/C30H52O11/c1-3-29-4-6-30(7-5-29)28-41-27-26-40-25-24-39-23-22-38-21-20-37-19-18-36-17-16-35-15-14-34-13-12-33-11-10-32-9-8-31-2/h3-7H,1,8-28H2,2H3. The van der Waals surface area contributed by atoms with Crippen LogP contribution in [0, 0.1) is 0 Å². The zero-order valence-electron chi connectivity index (χ0n) is 24.9. The molecule has 0 radical (unpaired) electrons. The molecule has 0 aliphatic heterocycles. The Labute approximate surface area is 246 Å². The summed E-state index contributed by atoms with van der Waals surface area (Å²) in [6.45, 7) is 15.0. The largest absolute Gasteiger partial charge is 0.382 e. The summed E-state index contributed by atoms with van der Waals surface area (Å²) < 4.78 is 59.5. The third-order valence-electron chi connectivity index (χ3n) is 5.26. The van der Waals surface area contributed by atoms with E-state index in [0.29, 0.717) is 139 Å².